The third-order valence-electron chi connectivity index (χ3n) is 3.67. The predicted octanol–water partition coefficient (Wildman–Crippen LogP) is 3.19. The van der Waals surface area contributed by atoms with Gasteiger partial charge in [-0.25, -0.2) is 9.48 Å². The molecule has 3 rings (SSSR count). The highest BCUT2D eigenvalue weighted by Gasteiger charge is 2.26. The average Bonchev–Trinajstić information content (AvgIpc) is 3.00. The fourth-order valence-electron chi connectivity index (χ4n) is 2.47. The third kappa shape index (κ3) is 3.04. The molecular weight excluding hydrogens is 304 g/mol. The van der Waals surface area contributed by atoms with Crippen molar-refractivity contribution in [3.8, 4) is 5.69 Å². The largest absolute Gasteiger partial charge is 0.451 e. The molecule has 1 saturated carbocycles. The van der Waals surface area contributed by atoms with Crippen LogP contribution in [0.15, 0.2) is 36.7 Å². The Labute approximate surface area is 132 Å². The van der Waals surface area contributed by atoms with Crippen LogP contribution in [0.4, 0.5) is 0 Å². The number of ketones is 1. The van der Waals surface area contributed by atoms with E-state index in [0.29, 0.717) is 29.1 Å². The highest BCUT2D eigenvalue weighted by molar-refractivity contribution is 6.32. The van der Waals surface area contributed by atoms with E-state index in [9.17, 15) is 9.59 Å². The Balaban J connectivity index is 1.74. The fraction of sp³-hybridized carbons (Fsp3) is 0.312. The zero-order chi connectivity index (χ0) is 15.5. The fourth-order valence-corrected chi connectivity index (χ4v) is 2.69. The van der Waals surface area contributed by atoms with Crippen molar-refractivity contribution >= 4 is 23.4 Å². The molecule has 0 spiro atoms. The monoisotopic (exact) mass is 318 g/mol. The van der Waals surface area contributed by atoms with E-state index >= 15 is 0 Å². The molecule has 2 aromatic rings. The summed E-state index contributed by atoms with van der Waals surface area (Å²) in [7, 11) is 0. The minimum absolute atomic E-state index is 0.00176. The van der Waals surface area contributed by atoms with Gasteiger partial charge < -0.3 is 4.74 Å². The molecule has 1 unspecified atom stereocenters. The highest BCUT2D eigenvalue weighted by atomic mass is 35.5. The minimum atomic E-state index is -0.620. The van der Waals surface area contributed by atoms with E-state index in [2.05, 4.69) is 5.10 Å². The first-order chi connectivity index (χ1) is 10.6. The zero-order valence-electron chi connectivity index (χ0n) is 11.9. The molecule has 0 bridgehead atoms. The summed E-state index contributed by atoms with van der Waals surface area (Å²) >= 11 is 6.10. The molecule has 1 aromatic heterocycles. The molecule has 114 valence electrons. The van der Waals surface area contributed by atoms with Crippen molar-refractivity contribution in [3.05, 3.63) is 47.2 Å². The first-order valence-electron chi connectivity index (χ1n) is 7.18. The normalized spacial score (nSPS) is 18.2. The number of benzene rings is 1. The lowest BCUT2D eigenvalue weighted by Crippen LogP contribution is -2.30. The Kier molecular flexibility index (Phi) is 4.24. The lowest BCUT2D eigenvalue weighted by molar-refractivity contribution is -0.129. The van der Waals surface area contributed by atoms with Gasteiger partial charge in [-0.15, -0.1) is 0 Å². The molecule has 1 aliphatic rings. The summed E-state index contributed by atoms with van der Waals surface area (Å²) in [5.41, 5.74) is 0.982. The number of aromatic nitrogens is 2. The van der Waals surface area contributed by atoms with E-state index in [-0.39, 0.29) is 5.78 Å². The Morgan fingerprint density at radius 2 is 2.14 bits per heavy atom. The van der Waals surface area contributed by atoms with Crippen molar-refractivity contribution in [1.29, 1.82) is 0 Å². The summed E-state index contributed by atoms with van der Waals surface area (Å²) in [5.74, 6) is -0.531. The second-order valence-corrected chi connectivity index (χ2v) is 5.64. The van der Waals surface area contributed by atoms with Crippen molar-refractivity contribution in [1.82, 2.24) is 9.78 Å². The molecule has 6 heteroatoms. The number of carbonyl (C=O) groups is 2. The number of hydrogen-bond donors (Lipinski definition) is 0. The quantitative estimate of drug-likeness (QED) is 0.815. The van der Waals surface area contributed by atoms with E-state index in [1.165, 1.54) is 10.9 Å². The van der Waals surface area contributed by atoms with Gasteiger partial charge in [0.05, 0.1) is 22.5 Å². The van der Waals surface area contributed by atoms with Crippen LogP contribution in [0.5, 0.6) is 0 Å². The SMILES string of the molecule is O=C(OC1CCCCC1=O)c1cnn(-c2ccccc2Cl)c1. The van der Waals surface area contributed by atoms with Crippen molar-refractivity contribution < 1.29 is 14.3 Å². The molecule has 0 N–H and O–H groups in total. The van der Waals surface area contributed by atoms with Crippen LogP contribution in [0.1, 0.15) is 36.0 Å². The molecule has 5 nitrogen and oxygen atoms in total. The summed E-state index contributed by atoms with van der Waals surface area (Å²) < 4.78 is 6.81. The molecule has 1 heterocycles. The summed E-state index contributed by atoms with van der Waals surface area (Å²) in [6.07, 6.45) is 5.21. The highest BCUT2D eigenvalue weighted by Crippen LogP contribution is 2.21. The standard InChI is InChI=1S/C16H15ClN2O3/c17-12-5-1-2-6-13(12)19-10-11(9-18-19)16(21)22-15-8-4-3-7-14(15)20/h1-2,5-6,9-10,15H,3-4,7-8H2. The van der Waals surface area contributed by atoms with Gasteiger partial charge in [-0.2, -0.15) is 5.10 Å². The molecule has 1 aromatic carbocycles. The van der Waals surface area contributed by atoms with Gasteiger partial charge in [-0.1, -0.05) is 23.7 Å². The smallest absolute Gasteiger partial charge is 0.342 e. The van der Waals surface area contributed by atoms with Gasteiger partial charge in [0.15, 0.2) is 11.9 Å². The van der Waals surface area contributed by atoms with E-state index in [1.807, 2.05) is 12.1 Å². The van der Waals surface area contributed by atoms with E-state index in [4.69, 9.17) is 16.3 Å². The van der Waals surface area contributed by atoms with Gasteiger partial charge in [0.2, 0.25) is 0 Å². The van der Waals surface area contributed by atoms with Crippen LogP contribution >= 0.6 is 11.6 Å². The maximum atomic E-state index is 12.1. The van der Waals surface area contributed by atoms with Gasteiger partial charge in [-0.05, 0) is 31.4 Å². The molecular formula is C16H15ClN2O3. The first kappa shape index (κ1) is 14.8. The molecule has 1 fully saturated rings. The number of carbonyl (C=O) groups excluding carboxylic acids is 2. The van der Waals surface area contributed by atoms with E-state index < -0.39 is 12.1 Å². The number of para-hydroxylation sites is 1. The summed E-state index contributed by atoms with van der Waals surface area (Å²) in [6.45, 7) is 0. The van der Waals surface area contributed by atoms with Crippen LogP contribution in [-0.4, -0.2) is 27.6 Å². The Morgan fingerprint density at radius 1 is 1.32 bits per heavy atom. The summed E-state index contributed by atoms with van der Waals surface area (Å²) in [4.78, 5) is 23.8. The Morgan fingerprint density at radius 3 is 2.91 bits per heavy atom. The molecule has 0 aliphatic heterocycles. The molecule has 1 atom stereocenters. The third-order valence-corrected chi connectivity index (χ3v) is 3.99. The summed E-state index contributed by atoms with van der Waals surface area (Å²) in [6, 6.07) is 7.20. The lowest BCUT2D eigenvalue weighted by Gasteiger charge is -2.20. The molecule has 1 aliphatic carbocycles. The van der Waals surface area contributed by atoms with Crippen LogP contribution in [0.25, 0.3) is 5.69 Å². The predicted molar refractivity (Wildman–Crippen MR) is 81.3 cm³/mol. The van der Waals surface area contributed by atoms with Gasteiger partial charge in [-0.3, -0.25) is 4.79 Å². The van der Waals surface area contributed by atoms with Crippen LogP contribution in [0.3, 0.4) is 0 Å². The number of ether oxygens (including phenoxy) is 1. The number of Topliss-reactive ketones (excluding diaryl/α,β-unsaturated/α-hetero) is 1. The average molecular weight is 319 g/mol. The number of nitrogens with zero attached hydrogens (tertiary/aromatic N) is 2. The summed E-state index contributed by atoms with van der Waals surface area (Å²) in [5, 5.41) is 4.66. The lowest BCUT2D eigenvalue weighted by atomic mass is 9.96. The van der Waals surface area contributed by atoms with Gasteiger partial charge in [0.1, 0.15) is 0 Å². The number of halogens is 1. The second kappa shape index (κ2) is 6.32. The zero-order valence-corrected chi connectivity index (χ0v) is 12.6. The maximum Gasteiger partial charge on any atom is 0.342 e. The van der Waals surface area contributed by atoms with E-state index in [1.54, 1.807) is 18.3 Å². The molecule has 0 amide bonds. The van der Waals surface area contributed by atoms with Crippen molar-refractivity contribution in [2.24, 2.45) is 0 Å². The number of rotatable bonds is 3. The Hall–Kier alpha value is -2.14. The molecule has 22 heavy (non-hydrogen) atoms. The van der Waals surface area contributed by atoms with Gasteiger partial charge >= 0.3 is 5.97 Å². The maximum absolute atomic E-state index is 12.1. The van der Waals surface area contributed by atoms with Crippen LogP contribution in [0.2, 0.25) is 5.02 Å². The van der Waals surface area contributed by atoms with Crippen molar-refractivity contribution in [3.63, 3.8) is 0 Å². The van der Waals surface area contributed by atoms with Gasteiger partial charge in [0.25, 0.3) is 0 Å². The topological polar surface area (TPSA) is 61.2 Å². The van der Waals surface area contributed by atoms with Crippen molar-refractivity contribution in [2.75, 3.05) is 0 Å². The molecule has 0 radical (unpaired) electrons. The van der Waals surface area contributed by atoms with Crippen LogP contribution in [0, 0.1) is 0 Å². The van der Waals surface area contributed by atoms with Crippen molar-refractivity contribution in [2.45, 2.75) is 31.8 Å². The van der Waals surface area contributed by atoms with E-state index in [0.717, 1.165) is 12.8 Å². The Bertz CT molecular complexity index is 711. The van der Waals surface area contributed by atoms with Crippen LogP contribution < -0.4 is 0 Å². The minimum Gasteiger partial charge on any atom is -0.451 e. The molecule has 0 saturated heterocycles. The van der Waals surface area contributed by atoms with Crippen LogP contribution in [-0.2, 0) is 9.53 Å². The number of esters is 1. The second-order valence-electron chi connectivity index (χ2n) is 5.23. The first-order valence-corrected chi connectivity index (χ1v) is 7.56. The van der Waals surface area contributed by atoms with Gasteiger partial charge in [0, 0.05) is 12.6 Å². The number of hydrogen-bond acceptors (Lipinski definition) is 4.